The second-order valence-corrected chi connectivity index (χ2v) is 17.8. The van der Waals surface area contributed by atoms with E-state index < -0.39 is 85.0 Å². The van der Waals surface area contributed by atoms with E-state index >= 15 is 0 Å². The third-order valence-electron chi connectivity index (χ3n) is 7.12. The average Bonchev–Trinajstić information content (AvgIpc) is 3.06. The number of benzene rings is 4. The fourth-order valence-electron chi connectivity index (χ4n) is 4.65. The van der Waals surface area contributed by atoms with Crippen molar-refractivity contribution in [2.45, 2.75) is 19.6 Å². The Morgan fingerprint density at radius 3 is 1.09 bits per heavy atom. The number of carboxylic acids is 2. The zero-order valence-corrected chi connectivity index (χ0v) is 30.2. The maximum absolute atomic E-state index is 12.8. The third-order valence-corrected chi connectivity index (χ3v) is 12.2. The first-order valence-corrected chi connectivity index (χ1v) is 20.8. The molecule has 0 spiro atoms. The van der Waals surface area contributed by atoms with Gasteiger partial charge in [0, 0.05) is 22.5 Å². The van der Waals surface area contributed by atoms with Crippen molar-refractivity contribution < 1.29 is 72.2 Å². The Kier molecular flexibility index (Phi) is 11.9. The number of sulfone groups is 2. The van der Waals surface area contributed by atoms with Gasteiger partial charge in [-0.2, -0.15) is 16.8 Å². The fraction of sp³-hybridized carbons (Fsp3) is 0.0625. The van der Waals surface area contributed by atoms with Crippen LogP contribution in [0.25, 0.3) is 12.2 Å². The van der Waals surface area contributed by atoms with Crippen molar-refractivity contribution in [1.82, 2.24) is 0 Å². The number of rotatable bonds is 14. The van der Waals surface area contributed by atoms with Crippen LogP contribution >= 0.6 is 0 Å². The molecule has 6 N–H and O–H groups in total. The number of aliphatic carboxylic acids is 2. The summed E-state index contributed by atoms with van der Waals surface area (Å²) in [7, 11) is -18.3. The summed E-state index contributed by atoms with van der Waals surface area (Å²) < 4.78 is 117. The Hall–Kier alpha value is -5.78. The molecule has 4 aromatic carbocycles. The van der Waals surface area contributed by atoms with Gasteiger partial charge in [-0.3, -0.25) is 28.3 Å². The zero-order chi connectivity index (χ0) is 40.2. The molecule has 0 heterocycles. The molecule has 0 unspecified atom stereocenters. The van der Waals surface area contributed by atoms with Crippen LogP contribution in [0.1, 0.15) is 31.8 Å². The number of amides is 2. The molecular weight excluding hydrogens is 797 g/mol. The molecular formula is C32H26N2O16S4. The van der Waals surface area contributed by atoms with Crippen molar-refractivity contribution in [2.75, 3.05) is 22.1 Å². The molecule has 0 saturated carbocycles. The summed E-state index contributed by atoms with van der Waals surface area (Å²) in [6.07, 6.45) is 2.13. The predicted molar refractivity (Wildman–Crippen MR) is 190 cm³/mol. The summed E-state index contributed by atoms with van der Waals surface area (Å²) in [5.41, 5.74) is -0.919. The molecule has 0 saturated heterocycles. The predicted octanol–water partition coefficient (Wildman–Crippen LogP) is 2.57. The quantitative estimate of drug-likeness (QED) is 0.0786. The summed E-state index contributed by atoms with van der Waals surface area (Å²) in [4.78, 5) is 45.0. The van der Waals surface area contributed by atoms with Crippen LogP contribution in [-0.2, 0) is 49.5 Å². The van der Waals surface area contributed by atoms with E-state index in [1.165, 1.54) is 12.1 Å². The Bertz CT molecular complexity index is 2470. The van der Waals surface area contributed by atoms with E-state index in [1.54, 1.807) is 0 Å². The molecule has 0 bridgehead atoms. The second-order valence-electron chi connectivity index (χ2n) is 11.1. The molecule has 22 heteroatoms. The Labute approximate surface area is 307 Å². The Morgan fingerprint density at radius 1 is 0.500 bits per heavy atom. The highest BCUT2D eigenvalue weighted by atomic mass is 32.2. The molecule has 0 fully saturated rings. The van der Waals surface area contributed by atoms with E-state index in [0.717, 1.165) is 84.9 Å². The van der Waals surface area contributed by atoms with E-state index in [1.807, 2.05) is 0 Å². The minimum absolute atomic E-state index is 0.0969. The molecule has 0 aromatic heterocycles. The van der Waals surface area contributed by atoms with Crippen molar-refractivity contribution >= 4 is 87.2 Å². The van der Waals surface area contributed by atoms with E-state index in [2.05, 4.69) is 10.6 Å². The number of carbonyl (C=O) groups excluding carboxylic acids is 2. The normalized spacial score (nSPS) is 12.3. The lowest BCUT2D eigenvalue weighted by Crippen LogP contribution is -2.16. The van der Waals surface area contributed by atoms with Gasteiger partial charge in [-0.15, -0.1) is 0 Å². The van der Waals surface area contributed by atoms with Gasteiger partial charge in [0.25, 0.3) is 32.1 Å². The van der Waals surface area contributed by atoms with E-state index in [9.17, 15) is 62.0 Å². The molecule has 0 aliphatic carbocycles. The molecule has 4 rings (SSSR count). The van der Waals surface area contributed by atoms with Gasteiger partial charge in [-0.1, -0.05) is 24.3 Å². The van der Waals surface area contributed by atoms with Crippen LogP contribution < -0.4 is 10.6 Å². The zero-order valence-electron chi connectivity index (χ0n) is 27.0. The van der Waals surface area contributed by atoms with Gasteiger partial charge in [-0.05, 0) is 83.9 Å². The minimum Gasteiger partial charge on any atom is -0.480 e. The van der Waals surface area contributed by atoms with E-state index in [0.29, 0.717) is 0 Å². The summed E-state index contributed by atoms with van der Waals surface area (Å²) in [5.74, 6) is -7.19. The van der Waals surface area contributed by atoms with Gasteiger partial charge in [0.15, 0.2) is 31.2 Å². The largest absolute Gasteiger partial charge is 0.480 e. The van der Waals surface area contributed by atoms with Crippen molar-refractivity contribution in [3.8, 4) is 0 Å². The first-order valence-electron chi connectivity index (χ1n) is 14.6. The Balaban J connectivity index is 1.57. The smallest absolute Gasteiger partial charge is 0.319 e. The highest BCUT2D eigenvalue weighted by Gasteiger charge is 2.22. The van der Waals surface area contributed by atoms with Crippen LogP contribution in [0.5, 0.6) is 0 Å². The van der Waals surface area contributed by atoms with Crippen LogP contribution in [-0.4, -0.2) is 88.2 Å². The number of hydrogen-bond acceptors (Lipinski definition) is 12. The number of hydrogen-bond donors (Lipinski definition) is 6. The highest BCUT2D eigenvalue weighted by Crippen LogP contribution is 2.27. The summed E-state index contributed by atoms with van der Waals surface area (Å²) in [5, 5.41) is 22.3. The summed E-state index contributed by atoms with van der Waals surface area (Å²) in [6, 6.07) is 14.8. The highest BCUT2D eigenvalue weighted by molar-refractivity contribution is 7.92. The SMILES string of the molecule is O=C(O)CS(=O)(=O)c1ccc(C(=O)Nc2ccc(C=Cc3ccc(NC(=O)c4ccc(S(=O)(=O)CC(=O)O)cc4)cc3S(=O)(=O)O)c(S(=O)(=O)O)c2)cc1. The maximum Gasteiger partial charge on any atom is 0.319 e. The maximum atomic E-state index is 12.8. The molecule has 18 nitrogen and oxygen atoms in total. The van der Waals surface area contributed by atoms with Gasteiger partial charge in [0.05, 0.1) is 9.79 Å². The van der Waals surface area contributed by atoms with Gasteiger partial charge in [0.2, 0.25) is 0 Å². The van der Waals surface area contributed by atoms with E-state index in [-0.39, 0.29) is 43.4 Å². The number of anilines is 2. The second kappa shape index (κ2) is 15.7. The average molecular weight is 823 g/mol. The van der Waals surface area contributed by atoms with Crippen molar-refractivity contribution in [2.24, 2.45) is 0 Å². The lowest BCUT2D eigenvalue weighted by atomic mass is 10.1. The molecule has 54 heavy (non-hydrogen) atoms. The summed E-state index contributed by atoms with van der Waals surface area (Å²) in [6.45, 7) is 0. The number of carboxylic acid groups (broad SMARTS) is 2. The third kappa shape index (κ3) is 10.4. The van der Waals surface area contributed by atoms with Crippen LogP contribution in [0.15, 0.2) is 105 Å². The molecule has 0 aliphatic rings. The fourth-order valence-corrected chi connectivity index (χ4v) is 8.16. The van der Waals surface area contributed by atoms with Crippen LogP contribution in [0, 0.1) is 0 Å². The molecule has 0 radical (unpaired) electrons. The molecule has 0 atom stereocenters. The first kappa shape index (κ1) is 41.0. The molecule has 2 amide bonds. The number of carbonyl (C=O) groups is 4. The van der Waals surface area contributed by atoms with Crippen molar-refractivity contribution in [1.29, 1.82) is 0 Å². The lowest BCUT2D eigenvalue weighted by molar-refractivity contribution is -0.135. The van der Waals surface area contributed by atoms with Gasteiger partial charge < -0.3 is 20.8 Å². The van der Waals surface area contributed by atoms with Crippen molar-refractivity contribution in [3.05, 3.63) is 107 Å². The minimum atomic E-state index is -4.99. The lowest BCUT2D eigenvalue weighted by Gasteiger charge is -2.11. The monoisotopic (exact) mass is 822 g/mol. The van der Waals surface area contributed by atoms with Gasteiger partial charge >= 0.3 is 11.9 Å². The first-order chi connectivity index (χ1) is 25.0. The number of nitrogens with one attached hydrogen (secondary N) is 2. The van der Waals surface area contributed by atoms with E-state index in [4.69, 9.17) is 10.2 Å². The standard InChI is InChI=1S/C32H26N2O16S4/c35-29(36)17-51(41,42)25-11-5-21(6-12-25)31(39)33-23-9-3-19(27(15-23)53(45,46)47)1-2-20-4-10-24(16-28(20)54(48,49)50)34-32(40)22-7-13-26(14-8-22)52(43,44)18-30(37)38/h1-16H,17-18H2,(H,33,39)(H,34,40)(H,35,36)(H,37,38)(H,45,46,47)(H,48,49,50). The van der Waals surface area contributed by atoms with Crippen LogP contribution in [0.2, 0.25) is 0 Å². The Morgan fingerprint density at radius 2 is 0.815 bits per heavy atom. The van der Waals surface area contributed by atoms with Crippen LogP contribution in [0.4, 0.5) is 11.4 Å². The molecule has 4 aromatic rings. The van der Waals surface area contributed by atoms with Gasteiger partial charge in [0.1, 0.15) is 9.79 Å². The van der Waals surface area contributed by atoms with Gasteiger partial charge in [-0.25, -0.2) is 16.8 Å². The topological polar surface area (TPSA) is 310 Å². The molecule has 0 aliphatic heterocycles. The van der Waals surface area contributed by atoms with Crippen LogP contribution in [0.3, 0.4) is 0 Å². The summed E-state index contributed by atoms with van der Waals surface area (Å²) >= 11 is 0. The van der Waals surface area contributed by atoms with Crippen molar-refractivity contribution in [3.63, 3.8) is 0 Å². The molecule has 284 valence electrons.